The van der Waals surface area contributed by atoms with Crippen molar-refractivity contribution in [2.24, 2.45) is 0 Å². The van der Waals surface area contributed by atoms with Gasteiger partial charge in [0.1, 0.15) is 0 Å². The number of nitrogens with one attached hydrogen (secondary N) is 2. The molecule has 2 N–H and O–H groups in total. The number of aromatic nitrogens is 2. The van der Waals surface area contributed by atoms with E-state index in [4.69, 9.17) is 9.97 Å². The van der Waals surface area contributed by atoms with Crippen LogP contribution in [0.3, 0.4) is 0 Å². The Balaban J connectivity index is 1.28. The Hall–Kier alpha value is -3.60. The molecule has 0 aliphatic rings. The van der Waals surface area contributed by atoms with E-state index in [2.05, 4.69) is 92.7 Å². The molecule has 0 radical (unpaired) electrons. The molecule has 12 heteroatoms. The molecule has 0 amide bonds. The molecule has 7 aromatic rings. The highest BCUT2D eigenvalue weighted by atomic mass is 127. The SMILES string of the molecule is CCCCCCCCCCCCc1cc2c3cc(CCCCCCCCCCCC)c(I)cc3c3nc4cc(NS(=O)(=O)c5ccc(C)cc5)c(NS(=O)(=O)c5ccc(C)cc5)cc4nc3c2cc1I. The van der Waals surface area contributed by atoms with Crippen LogP contribution >= 0.6 is 45.2 Å². The molecule has 7 rings (SSSR count). The molecule has 0 atom stereocenters. The Labute approximate surface area is 445 Å². The lowest BCUT2D eigenvalue weighted by atomic mass is 9.93. The second-order valence-corrected chi connectivity index (χ2v) is 25.2. The van der Waals surface area contributed by atoms with Crippen LogP contribution < -0.4 is 9.44 Å². The Morgan fingerprint density at radius 2 is 0.729 bits per heavy atom. The van der Waals surface area contributed by atoms with E-state index < -0.39 is 20.0 Å². The molecule has 8 nitrogen and oxygen atoms in total. The molecular weight excluding hydrogens is 1130 g/mol. The smallest absolute Gasteiger partial charge is 0.261 e. The fourth-order valence-corrected chi connectivity index (χ4v) is 13.2. The Morgan fingerprint density at radius 3 is 1.06 bits per heavy atom. The van der Waals surface area contributed by atoms with Crippen molar-refractivity contribution in [1.82, 2.24) is 9.97 Å². The van der Waals surface area contributed by atoms with Crippen molar-refractivity contribution in [3.05, 3.63) is 114 Å². The lowest BCUT2D eigenvalue weighted by Crippen LogP contribution is -2.18. The molecule has 0 bridgehead atoms. The van der Waals surface area contributed by atoms with Crippen molar-refractivity contribution >= 4 is 120 Å². The number of halogens is 2. The van der Waals surface area contributed by atoms with Gasteiger partial charge in [-0.05, 0) is 167 Å². The van der Waals surface area contributed by atoms with Crippen molar-refractivity contribution < 1.29 is 16.8 Å². The van der Waals surface area contributed by atoms with E-state index >= 15 is 0 Å². The molecule has 0 aliphatic heterocycles. The number of nitrogens with zero attached hydrogens (tertiary/aromatic N) is 2. The Bertz CT molecular complexity index is 2900. The fraction of sp³-hybridized carbons (Fsp3) is 0.448. The summed E-state index contributed by atoms with van der Waals surface area (Å²) in [5.74, 6) is 0. The largest absolute Gasteiger partial charge is 0.277 e. The molecular formula is C58H72I2N4O4S2. The summed E-state index contributed by atoms with van der Waals surface area (Å²) in [6, 6.07) is 25.6. The molecule has 0 unspecified atom stereocenters. The number of hydrogen-bond acceptors (Lipinski definition) is 6. The lowest BCUT2D eigenvalue weighted by molar-refractivity contribution is 0.556. The predicted octanol–water partition coefficient (Wildman–Crippen LogP) is 17.4. The number of anilines is 2. The van der Waals surface area contributed by atoms with Gasteiger partial charge in [-0.15, -0.1) is 0 Å². The standard InChI is InChI=1S/C58H72I2N4O4S2/c1-5-7-9-11-13-15-17-19-21-23-25-43-35-47-48-36-44(26-24-22-20-18-16-14-12-10-8-6-2)52(60)38-50(48)58-57(49(47)37-51(43)59)61-53-39-55(63-69(65,66)45-31-27-41(3)28-32-45)56(40-54(53)62-58)64-70(67,68)46-33-29-42(4)30-34-46/h27-40,63-64H,5-26H2,1-4H3. The van der Waals surface area contributed by atoms with Crippen LogP contribution in [0.15, 0.2) is 94.7 Å². The summed E-state index contributed by atoms with van der Waals surface area (Å²) in [7, 11) is -8.29. The zero-order chi connectivity index (χ0) is 49.7. The molecule has 0 saturated heterocycles. The molecule has 6 aromatic carbocycles. The van der Waals surface area contributed by atoms with E-state index in [0.29, 0.717) is 11.0 Å². The van der Waals surface area contributed by atoms with Gasteiger partial charge in [-0.1, -0.05) is 165 Å². The van der Waals surface area contributed by atoms with Gasteiger partial charge in [0.15, 0.2) is 0 Å². The minimum absolute atomic E-state index is 0.0435. The summed E-state index contributed by atoms with van der Waals surface area (Å²) in [5, 5.41) is 4.26. The van der Waals surface area contributed by atoms with Gasteiger partial charge in [0, 0.05) is 17.9 Å². The third-order valence-electron chi connectivity index (χ3n) is 13.7. The summed E-state index contributed by atoms with van der Waals surface area (Å²) in [4.78, 5) is 10.7. The average Bonchev–Trinajstić information content (AvgIpc) is 3.33. The minimum Gasteiger partial charge on any atom is -0.277 e. The first-order chi connectivity index (χ1) is 33.8. The second-order valence-electron chi connectivity index (χ2n) is 19.5. The van der Waals surface area contributed by atoms with Crippen molar-refractivity contribution in [2.45, 2.75) is 179 Å². The number of hydrogen-bond donors (Lipinski definition) is 2. The van der Waals surface area contributed by atoms with Crippen LogP contribution in [-0.4, -0.2) is 26.8 Å². The molecule has 70 heavy (non-hydrogen) atoms. The van der Waals surface area contributed by atoms with Crippen molar-refractivity contribution in [3.63, 3.8) is 0 Å². The highest BCUT2D eigenvalue weighted by molar-refractivity contribution is 14.1. The first-order valence-corrected chi connectivity index (χ1v) is 31.1. The summed E-state index contributed by atoms with van der Waals surface area (Å²) >= 11 is 4.97. The van der Waals surface area contributed by atoms with E-state index in [1.54, 1.807) is 36.4 Å². The molecule has 0 aliphatic carbocycles. The van der Waals surface area contributed by atoms with Crippen LogP contribution in [0.2, 0.25) is 0 Å². The number of aryl methyl sites for hydroxylation is 4. The summed E-state index contributed by atoms with van der Waals surface area (Å²) in [5.41, 5.74) is 6.91. The van der Waals surface area contributed by atoms with E-state index in [9.17, 15) is 16.8 Å². The van der Waals surface area contributed by atoms with Gasteiger partial charge in [-0.3, -0.25) is 9.44 Å². The highest BCUT2D eigenvalue weighted by Crippen LogP contribution is 2.40. The van der Waals surface area contributed by atoms with Gasteiger partial charge in [0.25, 0.3) is 20.0 Å². The molecule has 1 aromatic heterocycles. The number of benzene rings is 6. The first kappa shape index (κ1) is 54.2. The van der Waals surface area contributed by atoms with Crippen LogP contribution in [0.1, 0.15) is 165 Å². The number of unbranched alkanes of at least 4 members (excludes halogenated alkanes) is 18. The summed E-state index contributed by atoms with van der Waals surface area (Å²) in [6.45, 7) is 8.32. The van der Waals surface area contributed by atoms with Crippen molar-refractivity contribution in [1.29, 1.82) is 0 Å². The number of fused-ring (bicyclic) bond motifs is 7. The molecule has 1 heterocycles. The molecule has 0 spiro atoms. The quantitative estimate of drug-likeness (QED) is 0.0218. The van der Waals surface area contributed by atoms with Crippen LogP contribution in [0.5, 0.6) is 0 Å². The van der Waals surface area contributed by atoms with Crippen LogP contribution in [-0.2, 0) is 32.9 Å². The fourth-order valence-electron chi connectivity index (χ4n) is 9.55. The van der Waals surface area contributed by atoms with Gasteiger partial charge >= 0.3 is 0 Å². The number of rotatable bonds is 28. The number of sulfonamides is 2. The van der Waals surface area contributed by atoms with Gasteiger partial charge in [0.05, 0.1) is 43.2 Å². The zero-order valence-electron chi connectivity index (χ0n) is 41.7. The normalized spacial score (nSPS) is 12.2. The lowest BCUT2D eigenvalue weighted by Gasteiger charge is -2.18. The van der Waals surface area contributed by atoms with Crippen LogP contribution in [0, 0.1) is 21.0 Å². The van der Waals surface area contributed by atoms with Gasteiger partial charge in [-0.25, -0.2) is 26.8 Å². The maximum atomic E-state index is 14.0. The third kappa shape index (κ3) is 14.3. The maximum absolute atomic E-state index is 14.0. The summed E-state index contributed by atoms with van der Waals surface area (Å²) < 4.78 is 63.6. The zero-order valence-corrected chi connectivity index (χ0v) is 47.7. The highest BCUT2D eigenvalue weighted by Gasteiger charge is 2.23. The predicted molar refractivity (Wildman–Crippen MR) is 313 cm³/mol. The maximum Gasteiger partial charge on any atom is 0.261 e. The van der Waals surface area contributed by atoms with Crippen molar-refractivity contribution in [2.75, 3.05) is 9.44 Å². The van der Waals surface area contributed by atoms with Gasteiger partial charge in [0.2, 0.25) is 0 Å². The van der Waals surface area contributed by atoms with E-state index in [-0.39, 0.29) is 21.2 Å². The van der Waals surface area contributed by atoms with Gasteiger partial charge < -0.3 is 0 Å². The summed E-state index contributed by atoms with van der Waals surface area (Å²) in [6.07, 6.45) is 28.0. The first-order valence-electron chi connectivity index (χ1n) is 26.0. The van der Waals surface area contributed by atoms with E-state index in [1.165, 1.54) is 158 Å². The van der Waals surface area contributed by atoms with Crippen LogP contribution in [0.25, 0.3) is 43.6 Å². The van der Waals surface area contributed by atoms with E-state index in [0.717, 1.165) is 69.4 Å². The second kappa shape index (κ2) is 25.9. The van der Waals surface area contributed by atoms with Crippen molar-refractivity contribution in [3.8, 4) is 0 Å². The third-order valence-corrected chi connectivity index (χ3v) is 18.5. The van der Waals surface area contributed by atoms with Crippen LogP contribution in [0.4, 0.5) is 11.4 Å². The molecule has 0 fully saturated rings. The Kier molecular flexibility index (Phi) is 20.0. The average molecular weight is 1210 g/mol. The molecule has 0 saturated carbocycles. The van der Waals surface area contributed by atoms with E-state index in [1.807, 2.05) is 13.8 Å². The monoisotopic (exact) mass is 1210 g/mol. The van der Waals surface area contributed by atoms with Gasteiger partial charge in [-0.2, -0.15) is 0 Å². The topological polar surface area (TPSA) is 118 Å². The minimum atomic E-state index is -4.14. The molecule has 374 valence electrons. The Morgan fingerprint density at radius 1 is 0.414 bits per heavy atom.